The Hall–Kier alpha value is -0.620. The van der Waals surface area contributed by atoms with Crippen LogP contribution in [0.2, 0.25) is 5.02 Å². The molecule has 1 fully saturated rings. The van der Waals surface area contributed by atoms with Crippen LogP contribution in [0.25, 0.3) is 0 Å². The minimum Gasteiger partial charge on any atom is -0.385 e. The summed E-state index contributed by atoms with van der Waals surface area (Å²) in [5.41, 5.74) is 4.22. The first kappa shape index (κ1) is 14.8. The van der Waals surface area contributed by atoms with Gasteiger partial charge in [-0.25, -0.2) is 8.42 Å². The summed E-state index contributed by atoms with van der Waals surface area (Å²) in [6.45, 7) is 1.73. The number of hydrogen-bond acceptors (Lipinski definition) is 4. The third-order valence-electron chi connectivity index (χ3n) is 4.20. The molecule has 0 aliphatic carbocycles. The Labute approximate surface area is 118 Å². The molecule has 0 bridgehead atoms. The lowest BCUT2D eigenvalue weighted by Gasteiger charge is -2.41. The number of aliphatic hydroxyl groups is 1. The molecular weight excluding hydrogens is 286 g/mol. The molecule has 2 atom stereocenters. The van der Waals surface area contributed by atoms with Crippen molar-refractivity contribution in [3.8, 4) is 0 Å². The van der Waals surface area contributed by atoms with Crippen LogP contribution in [0.15, 0.2) is 24.3 Å². The number of hydrogen-bond donors (Lipinski definition) is 2. The summed E-state index contributed by atoms with van der Waals surface area (Å²) in [6, 6.07) is 6.85. The van der Waals surface area contributed by atoms with E-state index in [9.17, 15) is 13.5 Å². The molecule has 2 rings (SSSR count). The number of benzene rings is 1. The Morgan fingerprint density at radius 2 is 2.21 bits per heavy atom. The van der Waals surface area contributed by atoms with Crippen LogP contribution in [0.5, 0.6) is 0 Å². The molecule has 19 heavy (non-hydrogen) atoms. The van der Waals surface area contributed by atoms with Gasteiger partial charge in [0.2, 0.25) is 0 Å². The largest absolute Gasteiger partial charge is 0.385 e. The van der Waals surface area contributed by atoms with Crippen molar-refractivity contribution >= 4 is 21.4 Å². The summed E-state index contributed by atoms with van der Waals surface area (Å²) in [4.78, 5) is 0. The molecule has 1 aromatic rings. The fourth-order valence-corrected chi connectivity index (χ4v) is 5.18. The maximum atomic E-state index is 11.8. The second-order valence-corrected chi connectivity index (χ2v) is 8.03. The fourth-order valence-electron chi connectivity index (χ4n) is 2.76. The highest BCUT2D eigenvalue weighted by Gasteiger charge is 2.53. The van der Waals surface area contributed by atoms with Gasteiger partial charge in [-0.15, -0.1) is 0 Å². The Morgan fingerprint density at radius 1 is 1.53 bits per heavy atom. The van der Waals surface area contributed by atoms with Crippen LogP contribution in [0.3, 0.4) is 0 Å². The first-order valence-electron chi connectivity index (χ1n) is 6.11. The van der Waals surface area contributed by atoms with Crippen LogP contribution in [0, 0.1) is 5.41 Å². The second-order valence-electron chi connectivity index (χ2n) is 5.41. The predicted molar refractivity (Wildman–Crippen MR) is 75.8 cm³/mol. The van der Waals surface area contributed by atoms with Crippen LogP contribution in [0.4, 0.5) is 0 Å². The zero-order valence-electron chi connectivity index (χ0n) is 10.8. The molecule has 0 radical (unpaired) electrons. The molecule has 1 aliphatic heterocycles. The van der Waals surface area contributed by atoms with Gasteiger partial charge in [-0.1, -0.05) is 23.7 Å². The van der Waals surface area contributed by atoms with Crippen molar-refractivity contribution in [2.45, 2.75) is 18.9 Å². The molecule has 1 aromatic carbocycles. The zero-order chi connectivity index (χ0) is 14.3. The summed E-state index contributed by atoms with van der Waals surface area (Å²) in [6.07, 6.45) is 0.366. The molecule has 0 spiro atoms. The van der Waals surface area contributed by atoms with E-state index >= 15 is 0 Å². The summed E-state index contributed by atoms with van der Waals surface area (Å²) in [7, 11) is -3.14. The number of halogens is 1. The monoisotopic (exact) mass is 303 g/mol. The summed E-state index contributed by atoms with van der Waals surface area (Å²) in [5.74, 6) is -0.0169. The molecule has 1 aliphatic rings. The van der Waals surface area contributed by atoms with Crippen molar-refractivity contribution in [2.24, 2.45) is 11.1 Å². The van der Waals surface area contributed by atoms with Gasteiger partial charge in [0.15, 0.2) is 9.84 Å². The van der Waals surface area contributed by atoms with Crippen molar-refractivity contribution in [2.75, 3.05) is 18.1 Å². The van der Waals surface area contributed by atoms with E-state index in [1.807, 2.05) is 0 Å². The first-order chi connectivity index (χ1) is 8.72. The van der Waals surface area contributed by atoms with E-state index in [4.69, 9.17) is 17.3 Å². The molecule has 1 saturated heterocycles. The summed E-state index contributed by atoms with van der Waals surface area (Å²) < 4.78 is 23.5. The van der Waals surface area contributed by atoms with Crippen LogP contribution in [-0.4, -0.2) is 31.6 Å². The Kier molecular flexibility index (Phi) is 3.68. The molecule has 0 saturated carbocycles. The van der Waals surface area contributed by atoms with Crippen molar-refractivity contribution in [1.29, 1.82) is 0 Å². The maximum Gasteiger partial charge on any atom is 0.151 e. The fraction of sp³-hybridized carbons (Fsp3) is 0.538. The molecule has 6 heteroatoms. The molecule has 1 heterocycles. The topological polar surface area (TPSA) is 80.4 Å². The molecule has 4 nitrogen and oxygen atoms in total. The van der Waals surface area contributed by atoms with Crippen LogP contribution < -0.4 is 5.73 Å². The Morgan fingerprint density at radius 3 is 2.68 bits per heavy atom. The molecular formula is C13H18ClNO3S. The summed E-state index contributed by atoms with van der Waals surface area (Å²) >= 11 is 5.94. The van der Waals surface area contributed by atoms with Gasteiger partial charge in [-0.05, 0) is 31.0 Å². The van der Waals surface area contributed by atoms with E-state index in [0.717, 1.165) is 0 Å². The average Bonchev–Trinajstić information content (AvgIpc) is 2.67. The van der Waals surface area contributed by atoms with Gasteiger partial charge in [-0.3, -0.25) is 0 Å². The smallest absolute Gasteiger partial charge is 0.151 e. The first-order valence-corrected chi connectivity index (χ1v) is 8.31. The Bertz CT molecular complexity index is 585. The number of nitrogens with two attached hydrogens (primary N) is 1. The quantitative estimate of drug-likeness (QED) is 0.882. The van der Waals surface area contributed by atoms with E-state index in [2.05, 4.69) is 0 Å². The average molecular weight is 304 g/mol. The van der Waals surface area contributed by atoms with E-state index in [0.29, 0.717) is 17.0 Å². The highest BCUT2D eigenvalue weighted by atomic mass is 35.5. The summed E-state index contributed by atoms with van der Waals surface area (Å²) in [5, 5.41) is 11.4. The zero-order valence-corrected chi connectivity index (χ0v) is 12.3. The van der Waals surface area contributed by atoms with E-state index in [-0.39, 0.29) is 18.1 Å². The minimum atomic E-state index is -3.14. The van der Waals surface area contributed by atoms with Crippen molar-refractivity contribution < 1.29 is 13.5 Å². The van der Waals surface area contributed by atoms with Gasteiger partial charge in [0.05, 0.1) is 17.1 Å². The number of rotatable bonds is 3. The third kappa shape index (κ3) is 2.52. The van der Waals surface area contributed by atoms with Crippen molar-refractivity contribution in [3.05, 3.63) is 34.9 Å². The highest BCUT2D eigenvalue weighted by Crippen LogP contribution is 2.47. The molecule has 0 aromatic heterocycles. The molecule has 106 valence electrons. The van der Waals surface area contributed by atoms with E-state index in [1.54, 1.807) is 31.2 Å². The lowest BCUT2D eigenvalue weighted by atomic mass is 9.69. The van der Waals surface area contributed by atoms with Gasteiger partial charge in [0.1, 0.15) is 0 Å². The van der Waals surface area contributed by atoms with E-state index < -0.39 is 20.9 Å². The Balaban J connectivity index is 2.48. The van der Waals surface area contributed by atoms with Gasteiger partial charge in [0, 0.05) is 17.0 Å². The van der Waals surface area contributed by atoms with Gasteiger partial charge < -0.3 is 10.8 Å². The lowest BCUT2D eigenvalue weighted by molar-refractivity contribution is -0.0583. The predicted octanol–water partition coefficient (Wildman–Crippen LogP) is 1.31. The second kappa shape index (κ2) is 4.74. The van der Waals surface area contributed by atoms with E-state index in [1.165, 1.54) is 0 Å². The molecule has 3 N–H and O–H groups in total. The van der Waals surface area contributed by atoms with Gasteiger partial charge in [-0.2, -0.15) is 0 Å². The maximum absolute atomic E-state index is 11.8. The van der Waals surface area contributed by atoms with Gasteiger partial charge >= 0.3 is 0 Å². The van der Waals surface area contributed by atoms with Crippen LogP contribution in [0.1, 0.15) is 18.9 Å². The van der Waals surface area contributed by atoms with Crippen molar-refractivity contribution in [3.63, 3.8) is 0 Å². The van der Waals surface area contributed by atoms with Crippen LogP contribution in [-0.2, 0) is 15.4 Å². The SMILES string of the molecule is CC(O)(c1cccc(Cl)c1)C1(CN)CCS(=O)(=O)C1. The minimum absolute atomic E-state index is 0.0704. The lowest BCUT2D eigenvalue weighted by Crippen LogP contribution is -2.49. The third-order valence-corrected chi connectivity index (χ3v) is 6.25. The molecule has 0 amide bonds. The van der Waals surface area contributed by atoms with Crippen LogP contribution >= 0.6 is 11.6 Å². The highest BCUT2D eigenvalue weighted by molar-refractivity contribution is 7.91. The molecule has 2 unspecified atom stereocenters. The van der Waals surface area contributed by atoms with Gasteiger partial charge in [0.25, 0.3) is 0 Å². The number of sulfone groups is 1. The standard InChI is InChI=1S/C13H18ClNO3S/c1-12(16,10-3-2-4-11(14)7-10)13(8-15)5-6-19(17,18)9-13/h2-4,7,16H,5-6,8-9,15H2,1H3. The van der Waals surface area contributed by atoms with Crippen molar-refractivity contribution in [1.82, 2.24) is 0 Å². The normalized spacial score (nSPS) is 29.1.